The predicted octanol–water partition coefficient (Wildman–Crippen LogP) is 5.31. The Labute approximate surface area is 190 Å². The van der Waals surface area contributed by atoms with Crippen LogP contribution in [0.5, 0.6) is 0 Å². The summed E-state index contributed by atoms with van der Waals surface area (Å²) in [4.78, 5) is 12.1. The highest BCUT2D eigenvalue weighted by Gasteiger charge is 2.36. The minimum Gasteiger partial charge on any atom is -0.465 e. The van der Waals surface area contributed by atoms with E-state index >= 15 is 0 Å². The van der Waals surface area contributed by atoms with Crippen LogP contribution in [0.25, 0.3) is 11.0 Å². The standard InChI is InChI=1S/C26H31BFO4/c1-16-14-19(28)11-13-20(16)22-9-7-8-17-15-18(24(29)31-6)10-12-21(17)23(22)27-32-26(4,5)25(2,3)30/h10-15,30H,7-9H2,1-6H3. The van der Waals surface area contributed by atoms with Gasteiger partial charge in [0.2, 0.25) is 0 Å². The molecule has 0 heterocycles. The second kappa shape index (κ2) is 9.20. The zero-order valence-electron chi connectivity index (χ0n) is 19.7. The summed E-state index contributed by atoms with van der Waals surface area (Å²) in [5.74, 6) is -0.644. The van der Waals surface area contributed by atoms with Gasteiger partial charge in [-0.3, -0.25) is 0 Å². The van der Waals surface area contributed by atoms with Crippen LogP contribution in [0.4, 0.5) is 4.39 Å². The number of hydrogen-bond acceptors (Lipinski definition) is 4. The van der Waals surface area contributed by atoms with Crippen LogP contribution in [-0.4, -0.2) is 36.9 Å². The number of rotatable bonds is 6. The number of aryl methyl sites for hydroxylation is 2. The Kier molecular flexibility index (Phi) is 6.96. The molecule has 0 saturated heterocycles. The van der Waals surface area contributed by atoms with E-state index in [1.807, 2.05) is 39.0 Å². The second-order valence-electron chi connectivity index (χ2n) is 9.37. The number of methoxy groups -OCH3 is 1. The van der Waals surface area contributed by atoms with Crippen molar-refractivity contribution in [1.29, 1.82) is 0 Å². The molecule has 0 atom stereocenters. The minimum absolute atomic E-state index is 0.270. The van der Waals surface area contributed by atoms with E-state index in [0.29, 0.717) is 5.56 Å². The Morgan fingerprint density at radius 2 is 1.75 bits per heavy atom. The third kappa shape index (κ3) is 4.97. The van der Waals surface area contributed by atoms with Crippen molar-refractivity contribution in [3.63, 3.8) is 0 Å². The van der Waals surface area contributed by atoms with E-state index in [-0.39, 0.29) is 11.8 Å². The van der Waals surface area contributed by atoms with Crippen LogP contribution in [0.3, 0.4) is 0 Å². The third-order valence-corrected chi connectivity index (χ3v) is 6.47. The first-order valence-corrected chi connectivity index (χ1v) is 10.9. The van der Waals surface area contributed by atoms with Crippen molar-refractivity contribution in [3.05, 3.63) is 70.0 Å². The van der Waals surface area contributed by atoms with Crippen molar-refractivity contribution in [3.8, 4) is 0 Å². The molecule has 0 saturated carbocycles. The predicted molar refractivity (Wildman–Crippen MR) is 126 cm³/mol. The monoisotopic (exact) mass is 437 g/mol. The molecular formula is C26H31BFO4. The highest BCUT2D eigenvalue weighted by molar-refractivity contribution is 6.58. The van der Waals surface area contributed by atoms with E-state index < -0.39 is 11.2 Å². The molecule has 0 unspecified atom stereocenters. The van der Waals surface area contributed by atoms with Crippen molar-refractivity contribution in [1.82, 2.24) is 0 Å². The first kappa shape index (κ1) is 24.2. The fraction of sp³-hybridized carbons (Fsp3) is 0.423. The van der Waals surface area contributed by atoms with Gasteiger partial charge < -0.3 is 14.5 Å². The van der Waals surface area contributed by atoms with Gasteiger partial charge in [-0.05, 0) is 111 Å². The summed E-state index contributed by atoms with van der Waals surface area (Å²) >= 11 is 0. The number of carbonyl (C=O) groups excluding carboxylic acids is 1. The molecule has 2 aromatic carbocycles. The highest BCUT2D eigenvalue weighted by atomic mass is 19.1. The Bertz CT molecular complexity index is 1050. The number of fused-ring (bicyclic) bond motifs is 1. The molecule has 32 heavy (non-hydrogen) atoms. The van der Waals surface area contributed by atoms with E-state index in [1.165, 1.54) is 19.2 Å². The van der Waals surface area contributed by atoms with E-state index in [1.54, 1.807) is 27.4 Å². The maximum atomic E-state index is 13.8. The molecule has 169 valence electrons. The fourth-order valence-electron chi connectivity index (χ4n) is 3.79. The van der Waals surface area contributed by atoms with Crippen LogP contribution in [0, 0.1) is 12.7 Å². The van der Waals surface area contributed by atoms with E-state index in [9.17, 15) is 14.3 Å². The lowest BCUT2D eigenvalue weighted by atomic mass is 9.73. The summed E-state index contributed by atoms with van der Waals surface area (Å²) in [6.45, 7) is 9.00. The molecule has 0 aromatic heterocycles. The van der Waals surface area contributed by atoms with E-state index in [0.717, 1.165) is 52.6 Å². The van der Waals surface area contributed by atoms with Crippen molar-refractivity contribution >= 4 is 24.5 Å². The molecule has 4 nitrogen and oxygen atoms in total. The lowest BCUT2D eigenvalue weighted by Crippen LogP contribution is -2.48. The third-order valence-electron chi connectivity index (χ3n) is 6.47. The molecule has 1 radical (unpaired) electrons. The summed E-state index contributed by atoms with van der Waals surface area (Å²) < 4.78 is 24.8. The number of hydrogen-bond donors (Lipinski definition) is 1. The zero-order valence-corrected chi connectivity index (χ0v) is 19.7. The van der Waals surface area contributed by atoms with Gasteiger partial charge in [0.1, 0.15) is 5.82 Å². The van der Waals surface area contributed by atoms with Crippen molar-refractivity contribution in [2.75, 3.05) is 7.11 Å². The number of halogens is 1. The summed E-state index contributed by atoms with van der Waals surface area (Å²) in [5, 5.41) is 10.6. The van der Waals surface area contributed by atoms with Crippen LogP contribution >= 0.6 is 0 Å². The maximum Gasteiger partial charge on any atom is 0.337 e. The van der Waals surface area contributed by atoms with Crippen LogP contribution in [0.15, 0.2) is 36.4 Å². The highest BCUT2D eigenvalue weighted by Crippen LogP contribution is 2.38. The Balaban J connectivity index is 2.16. The molecular weight excluding hydrogens is 406 g/mol. The molecule has 1 aliphatic rings. The number of benzene rings is 2. The van der Waals surface area contributed by atoms with Gasteiger partial charge in [0.05, 0.1) is 23.9 Å². The molecule has 1 aliphatic carbocycles. The number of allylic oxidation sites excluding steroid dienone is 1. The lowest BCUT2D eigenvalue weighted by molar-refractivity contribution is -0.0892. The summed E-state index contributed by atoms with van der Waals surface area (Å²) in [5.41, 5.74) is 4.32. The number of aliphatic hydroxyl groups is 1. The number of carbonyl (C=O) groups is 1. The normalized spacial score (nSPS) is 14.6. The summed E-state index contributed by atoms with van der Waals surface area (Å²) in [7, 11) is 3.08. The first-order valence-electron chi connectivity index (χ1n) is 10.9. The van der Waals surface area contributed by atoms with Crippen LogP contribution in [-0.2, 0) is 15.8 Å². The van der Waals surface area contributed by atoms with Gasteiger partial charge in [-0.2, -0.15) is 0 Å². The SMILES string of the molecule is COC(=O)c1ccc2c(c1)CCCC(c1ccc(F)cc1C)=C2[B]OC(C)(C)C(C)(C)O. The van der Waals surface area contributed by atoms with Gasteiger partial charge >= 0.3 is 13.5 Å². The van der Waals surface area contributed by atoms with Crippen LogP contribution in [0.1, 0.15) is 73.1 Å². The maximum absolute atomic E-state index is 13.8. The van der Waals surface area contributed by atoms with Crippen LogP contribution in [0.2, 0.25) is 0 Å². The summed E-state index contributed by atoms with van der Waals surface area (Å²) in [6, 6.07) is 10.4. The average Bonchev–Trinajstić information content (AvgIpc) is 2.89. The second-order valence-corrected chi connectivity index (χ2v) is 9.37. The molecule has 3 rings (SSSR count). The largest absolute Gasteiger partial charge is 0.465 e. The quantitative estimate of drug-likeness (QED) is 0.492. The van der Waals surface area contributed by atoms with Crippen molar-refractivity contribution in [2.24, 2.45) is 0 Å². The van der Waals surface area contributed by atoms with Gasteiger partial charge in [0.15, 0.2) is 0 Å². The van der Waals surface area contributed by atoms with Crippen molar-refractivity contribution < 1.29 is 23.7 Å². The molecule has 1 N–H and O–H groups in total. The number of ether oxygens (including phenoxy) is 1. The van der Waals surface area contributed by atoms with Gasteiger partial charge in [-0.1, -0.05) is 12.1 Å². The molecule has 2 aromatic rings. The topological polar surface area (TPSA) is 55.8 Å². The van der Waals surface area contributed by atoms with Crippen molar-refractivity contribution in [2.45, 2.75) is 65.1 Å². The molecule has 6 heteroatoms. The first-order chi connectivity index (χ1) is 14.9. The lowest BCUT2D eigenvalue weighted by Gasteiger charge is -2.38. The Morgan fingerprint density at radius 3 is 2.38 bits per heavy atom. The summed E-state index contributed by atoms with van der Waals surface area (Å²) in [6.07, 6.45) is 2.43. The Morgan fingerprint density at radius 1 is 1.06 bits per heavy atom. The van der Waals surface area contributed by atoms with Gasteiger partial charge in [0.25, 0.3) is 0 Å². The molecule has 0 aliphatic heterocycles. The molecule has 0 amide bonds. The van der Waals surface area contributed by atoms with Gasteiger partial charge in [-0.25, -0.2) is 9.18 Å². The van der Waals surface area contributed by atoms with E-state index in [4.69, 9.17) is 9.39 Å². The van der Waals surface area contributed by atoms with E-state index in [2.05, 4.69) is 0 Å². The minimum atomic E-state index is -1.07. The molecule has 0 spiro atoms. The fourth-order valence-corrected chi connectivity index (χ4v) is 3.79. The smallest absolute Gasteiger partial charge is 0.337 e. The molecule has 0 fully saturated rings. The van der Waals surface area contributed by atoms with Gasteiger partial charge in [-0.15, -0.1) is 0 Å². The molecule has 0 bridgehead atoms. The van der Waals surface area contributed by atoms with Gasteiger partial charge in [0, 0.05) is 0 Å². The average molecular weight is 437 g/mol. The Hall–Kier alpha value is -2.44. The van der Waals surface area contributed by atoms with Crippen LogP contribution < -0.4 is 0 Å². The zero-order chi connectivity index (χ0) is 23.7. The number of esters is 1.